The van der Waals surface area contributed by atoms with E-state index >= 15 is 0 Å². The Morgan fingerprint density at radius 2 is 1.42 bits per heavy atom. The molecule has 2 heterocycles. The minimum absolute atomic E-state index is 0.143. The molecule has 0 spiro atoms. The van der Waals surface area contributed by atoms with E-state index in [2.05, 4.69) is 22.8 Å². The van der Waals surface area contributed by atoms with Crippen LogP contribution in [0.2, 0.25) is 0 Å². The molecule has 2 unspecified atom stereocenters. The molecule has 0 fully saturated rings. The van der Waals surface area contributed by atoms with Gasteiger partial charge in [0.05, 0.1) is 13.2 Å². The zero-order chi connectivity index (χ0) is 22.6. The van der Waals surface area contributed by atoms with Crippen molar-refractivity contribution in [1.82, 2.24) is 5.32 Å². The second-order valence-corrected chi connectivity index (χ2v) is 8.28. The van der Waals surface area contributed by atoms with E-state index in [1.54, 1.807) is 24.3 Å². The quantitative estimate of drug-likeness (QED) is 0.627. The number of nitrogens with one attached hydrogen (secondary N) is 2. The summed E-state index contributed by atoms with van der Waals surface area (Å²) in [5, 5.41) is 5.86. The third-order valence-electron chi connectivity index (χ3n) is 6.19. The van der Waals surface area contributed by atoms with Crippen molar-refractivity contribution in [3.05, 3.63) is 101 Å². The molecule has 6 nitrogen and oxygen atoms in total. The second kappa shape index (κ2) is 9.57. The number of fused-ring (bicyclic) bond motifs is 2. The molecule has 2 N–H and O–H groups in total. The molecule has 33 heavy (non-hydrogen) atoms. The van der Waals surface area contributed by atoms with Gasteiger partial charge in [0.1, 0.15) is 6.10 Å². The second-order valence-electron chi connectivity index (χ2n) is 8.28. The molecule has 0 bridgehead atoms. The van der Waals surface area contributed by atoms with Crippen LogP contribution in [0.4, 0.5) is 5.69 Å². The minimum atomic E-state index is -0.628. The van der Waals surface area contributed by atoms with E-state index in [4.69, 9.17) is 9.47 Å². The van der Waals surface area contributed by atoms with E-state index in [1.807, 2.05) is 36.4 Å². The number of benzene rings is 3. The Labute approximate surface area is 192 Å². The third-order valence-corrected chi connectivity index (χ3v) is 6.19. The van der Waals surface area contributed by atoms with Crippen molar-refractivity contribution in [1.29, 1.82) is 0 Å². The van der Waals surface area contributed by atoms with Gasteiger partial charge in [0.15, 0.2) is 6.10 Å². The van der Waals surface area contributed by atoms with Gasteiger partial charge in [0, 0.05) is 17.8 Å². The maximum Gasteiger partial charge on any atom is 0.258 e. The zero-order valence-corrected chi connectivity index (χ0v) is 18.3. The Morgan fingerprint density at radius 3 is 2.18 bits per heavy atom. The van der Waals surface area contributed by atoms with Gasteiger partial charge in [0.2, 0.25) is 0 Å². The maximum absolute atomic E-state index is 12.8. The highest BCUT2D eigenvalue weighted by Gasteiger charge is 2.27. The van der Waals surface area contributed by atoms with Crippen LogP contribution in [-0.2, 0) is 27.1 Å². The Balaban J connectivity index is 1.19. The summed E-state index contributed by atoms with van der Waals surface area (Å²) in [6.07, 6.45) is 0.930. The maximum atomic E-state index is 12.8. The summed E-state index contributed by atoms with van der Waals surface area (Å²) in [5.74, 6) is -0.392. The van der Waals surface area contributed by atoms with Crippen molar-refractivity contribution in [3.63, 3.8) is 0 Å². The molecule has 0 aromatic heterocycles. The molecular weight excluding hydrogens is 416 g/mol. The Morgan fingerprint density at radius 1 is 0.788 bits per heavy atom. The van der Waals surface area contributed by atoms with Crippen LogP contribution in [0.25, 0.3) is 0 Å². The summed E-state index contributed by atoms with van der Waals surface area (Å²) in [6, 6.07) is 22.9. The molecule has 2 aliphatic rings. The molecule has 0 saturated carbocycles. The summed E-state index contributed by atoms with van der Waals surface area (Å²) in [5.41, 5.74) is 5.59. The molecule has 5 rings (SSSR count). The van der Waals surface area contributed by atoms with Crippen LogP contribution in [0.5, 0.6) is 0 Å². The summed E-state index contributed by atoms with van der Waals surface area (Å²) in [6.45, 7) is 1.58. The lowest BCUT2D eigenvalue weighted by molar-refractivity contribution is -0.128. The number of rotatable bonds is 5. The number of hydrogen-bond acceptors (Lipinski definition) is 4. The number of amides is 2. The highest BCUT2D eigenvalue weighted by atomic mass is 16.5. The van der Waals surface area contributed by atoms with E-state index < -0.39 is 6.10 Å². The zero-order valence-electron chi connectivity index (χ0n) is 18.3. The fourth-order valence-electron chi connectivity index (χ4n) is 4.46. The summed E-state index contributed by atoms with van der Waals surface area (Å²) in [4.78, 5) is 25.4. The van der Waals surface area contributed by atoms with Gasteiger partial charge in [-0.25, -0.2) is 0 Å². The van der Waals surface area contributed by atoms with E-state index in [0.717, 1.165) is 29.5 Å². The molecule has 2 aliphatic heterocycles. The average Bonchev–Trinajstić information content (AvgIpc) is 2.87. The van der Waals surface area contributed by atoms with Crippen molar-refractivity contribution in [2.75, 3.05) is 25.1 Å². The van der Waals surface area contributed by atoms with Crippen LogP contribution < -0.4 is 10.6 Å². The fraction of sp³-hybridized carbons (Fsp3) is 0.259. The SMILES string of the molecule is O=C(NCC1OCCc2ccccc21)c1ccc(NC(=O)C2OCCc3ccccc32)cc1. The molecular formula is C27H26N2O4. The molecule has 3 aromatic carbocycles. The summed E-state index contributed by atoms with van der Waals surface area (Å²) in [7, 11) is 0. The average molecular weight is 443 g/mol. The van der Waals surface area contributed by atoms with E-state index in [9.17, 15) is 9.59 Å². The van der Waals surface area contributed by atoms with Gasteiger partial charge in [-0.15, -0.1) is 0 Å². The van der Waals surface area contributed by atoms with Crippen molar-refractivity contribution in [2.24, 2.45) is 0 Å². The van der Waals surface area contributed by atoms with E-state index in [0.29, 0.717) is 31.0 Å². The molecule has 2 amide bonds. The largest absolute Gasteiger partial charge is 0.371 e. The first-order chi connectivity index (χ1) is 16.2. The Kier molecular flexibility index (Phi) is 6.19. The topological polar surface area (TPSA) is 76.7 Å². The van der Waals surface area contributed by atoms with Crippen LogP contribution in [0.3, 0.4) is 0 Å². The van der Waals surface area contributed by atoms with Crippen LogP contribution in [0.1, 0.15) is 44.8 Å². The van der Waals surface area contributed by atoms with Crippen LogP contribution in [-0.4, -0.2) is 31.6 Å². The fourth-order valence-corrected chi connectivity index (χ4v) is 4.46. The standard InChI is InChI=1S/C27H26N2O4/c30-26(28-17-24-22-7-3-1-5-18(22)13-15-32-24)20-9-11-21(12-10-20)29-27(31)25-23-8-4-2-6-19(23)14-16-33-25/h1-12,24-25H,13-17H2,(H,28,30)(H,29,31). The lowest BCUT2D eigenvalue weighted by atomic mass is 9.97. The van der Waals surface area contributed by atoms with Crippen LogP contribution >= 0.6 is 0 Å². The lowest BCUT2D eigenvalue weighted by Crippen LogP contribution is -2.31. The van der Waals surface area contributed by atoms with E-state index in [-0.39, 0.29) is 17.9 Å². The highest BCUT2D eigenvalue weighted by Crippen LogP contribution is 2.28. The van der Waals surface area contributed by atoms with Crippen LogP contribution in [0, 0.1) is 0 Å². The molecule has 2 atom stereocenters. The third kappa shape index (κ3) is 4.67. The molecule has 0 aliphatic carbocycles. The lowest BCUT2D eigenvalue weighted by Gasteiger charge is -2.26. The molecule has 6 heteroatoms. The summed E-state index contributed by atoms with van der Waals surface area (Å²) < 4.78 is 11.6. The predicted molar refractivity (Wildman–Crippen MR) is 125 cm³/mol. The first kappa shape index (κ1) is 21.4. The Hall–Kier alpha value is -3.48. The van der Waals surface area contributed by atoms with Gasteiger partial charge in [-0.3, -0.25) is 9.59 Å². The first-order valence-corrected chi connectivity index (χ1v) is 11.3. The monoisotopic (exact) mass is 442 g/mol. The van der Waals surface area contributed by atoms with Gasteiger partial charge < -0.3 is 20.1 Å². The van der Waals surface area contributed by atoms with Crippen molar-refractivity contribution in [2.45, 2.75) is 25.0 Å². The molecule has 0 radical (unpaired) electrons. The van der Waals surface area contributed by atoms with Crippen LogP contribution in [0.15, 0.2) is 72.8 Å². The number of hydrogen-bond donors (Lipinski definition) is 2. The molecule has 3 aromatic rings. The normalized spacial score (nSPS) is 19.2. The van der Waals surface area contributed by atoms with Crippen molar-refractivity contribution in [3.8, 4) is 0 Å². The number of carbonyl (C=O) groups is 2. The smallest absolute Gasteiger partial charge is 0.258 e. The van der Waals surface area contributed by atoms with Gasteiger partial charge in [-0.1, -0.05) is 48.5 Å². The van der Waals surface area contributed by atoms with Crippen molar-refractivity contribution < 1.29 is 19.1 Å². The van der Waals surface area contributed by atoms with Gasteiger partial charge >= 0.3 is 0 Å². The van der Waals surface area contributed by atoms with E-state index in [1.165, 1.54) is 5.56 Å². The Bertz CT molecular complexity index is 1160. The highest BCUT2D eigenvalue weighted by molar-refractivity contribution is 5.97. The molecule has 0 saturated heterocycles. The predicted octanol–water partition coefficient (Wildman–Crippen LogP) is 3.98. The van der Waals surface area contributed by atoms with Crippen molar-refractivity contribution >= 4 is 17.5 Å². The summed E-state index contributed by atoms with van der Waals surface area (Å²) >= 11 is 0. The first-order valence-electron chi connectivity index (χ1n) is 11.3. The number of carbonyl (C=O) groups excluding carboxylic acids is 2. The number of ether oxygens (including phenoxy) is 2. The van der Waals surface area contributed by atoms with Gasteiger partial charge in [-0.05, 0) is 59.4 Å². The molecule has 168 valence electrons. The number of anilines is 1. The minimum Gasteiger partial charge on any atom is -0.371 e. The van der Waals surface area contributed by atoms with Gasteiger partial charge in [0.25, 0.3) is 11.8 Å². The van der Waals surface area contributed by atoms with Gasteiger partial charge in [-0.2, -0.15) is 0 Å².